The third-order valence-corrected chi connectivity index (χ3v) is 5.42. The topological polar surface area (TPSA) is 53.8 Å². The first-order valence-corrected chi connectivity index (χ1v) is 8.51. The maximum absolute atomic E-state index is 13.3. The van der Waals surface area contributed by atoms with Crippen molar-refractivity contribution < 1.29 is 9.18 Å². The number of benzene rings is 1. The number of nitrogens with zero attached hydrogens (tertiary/aromatic N) is 2. The molecule has 3 rings (SSSR count). The highest BCUT2D eigenvalue weighted by Gasteiger charge is 2.47. The van der Waals surface area contributed by atoms with Crippen LogP contribution in [-0.2, 0) is 11.2 Å². The smallest absolute Gasteiger partial charge is 0.160 e. The van der Waals surface area contributed by atoms with Crippen molar-refractivity contribution in [3.63, 3.8) is 0 Å². The van der Waals surface area contributed by atoms with Gasteiger partial charge in [-0.15, -0.1) is 11.3 Å². The standard InChI is InChI=1S/C18H17FN2OS/c1-3-16-10(2)23-18(21-16)15(9-20)17(22)14-8-13(14)11-5-4-6-12(19)7-11/h4-7,13-15H,3,8H2,1-2H3/t13-,14-,15+/m0/s1. The molecule has 1 aromatic heterocycles. The highest BCUT2D eigenvalue weighted by molar-refractivity contribution is 7.11. The molecular weight excluding hydrogens is 311 g/mol. The predicted molar refractivity (Wildman–Crippen MR) is 86.8 cm³/mol. The van der Waals surface area contributed by atoms with Gasteiger partial charge >= 0.3 is 0 Å². The number of rotatable bonds is 5. The van der Waals surface area contributed by atoms with Crippen molar-refractivity contribution in [3.8, 4) is 6.07 Å². The number of nitriles is 1. The summed E-state index contributed by atoms with van der Waals surface area (Å²) in [6.45, 7) is 3.97. The van der Waals surface area contributed by atoms with E-state index in [1.165, 1.54) is 23.5 Å². The Hall–Kier alpha value is -2.06. The molecule has 0 radical (unpaired) electrons. The molecular formula is C18H17FN2OS. The number of carbonyl (C=O) groups excluding carboxylic acids is 1. The third-order valence-electron chi connectivity index (χ3n) is 4.34. The van der Waals surface area contributed by atoms with Crippen molar-refractivity contribution in [2.75, 3.05) is 0 Å². The second-order valence-corrected chi connectivity index (χ2v) is 7.11. The van der Waals surface area contributed by atoms with Crippen molar-refractivity contribution in [1.29, 1.82) is 5.26 Å². The highest BCUT2D eigenvalue weighted by Crippen LogP contribution is 2.50. The molecule has 1 aliphatic carbocycles. The number of halogens is 1. The van der Waals surface area contributed by atoms with E-state index in [-0.39, 0.29) is 23.4 Å². The molecule has 3 atom stereocenters. The molecule has 1 fully saturated rings. The van der Waals surface area contributed by atoms with Crippen molar-refractivity contribution >= 4 is 17.1 Å². The van der Waals surface area contributed by atoms with Crippen LogP contribution in [0, 0.1) is 30.0 Å². The fourth-order valence-electron chi connectivity index (χ4n) is 2.97. The number of ketones is 1. The van der Waals surface area contributed by atoms with Gasteiger partial charge in [-0.05, 0) is 43.4 Å². The number of thiazole rings is 1. The predicted octanol–water partition coefficient (Wildman–Crippen LogP) is 4.13. The van der Waals surface area contributed by atoms with E-state index in [0.717, 1.165) is 22.6 Å². The Labute approximate surface area is 138 Å². The summed E-state index contributed by atoms with van der Waals surface area (Å²) in [7, 11) is 0. The van der Waals surface area contributed by atoms with Crippen LogP contribution in [0.25, 0.3) is 0 Å². The molecule has 2 aromatic rings. The fourth-order valence-corrected chi connectivity index (χ4v) is 4.04. The Morgan fingerprint density at radius 2 is 2.35 bits per heavy atom. The Balaban J connectivity index is 1.78. The van der Waals surface area contributed by atoms with Gasteiger partial charge in [-0.1, -0.05) is 19.1 Å². The van der Waals surface area contributed by atoms with Crippen molar-refractivity contribution in [1.82, 2.24) is 4.98 Å². The normalized spacial score (nSPS) is 20.8. The summed E-state index contributed by atoms with van der Waals surface area (Å²) < 4.78 is 13.3. The third kappa shape index (κ3) is 3.04. The average molecular weight is 328 g/mol. The SMILES string of the molecule is CCc1nc([C@H](C#N)C(=O)[C@H]2C[C@H]2c2cccc(F)c2)sc1C. The minimum absolute atomic E-state index is 0.0285. The molecule has 5 heteroatoms. The number of Topliss-reactive ketones (excluding diaryl/α,β-unsaturated/α-hetero) is 1. The summed E-state index contributed by atoms with van der Waals surface area (Å²) in [5.41, 5.74) is 1.79. The van der Waals surface area contributed by atoms with E-state index >= 15 is 0 Å². The van der Waals surface area contributed by atoms with E-state index in [1.807, 2.05) is 19.9 Å². The first kappa shape index (κ1) is 15.8. The largest absolute Gasteiger partial charge is 0.297 e. The van der Waals surface area contributed by atoms with Crippen LogP contribution in [0.2, 0.25) is 0 Å². The lowest BCUT2D eigenvalue weighted by atomic mass is 9.99. The van der Waals surface area contributed by atoms with Crippen LogP contribution in [0.1, 0.15) is 46.3 Å². The second-order valence-electron chi connectivity index (χ2n) is 5.88. The van der Waals surface area contributed by atoms with Gasteiger partial charge in [-0.3, -0.25) is 4.79 Å². The molecule has 0 spiro atoms. The molecule has 1 aliphatic rings. The van der Waals surface area contributed by atoms with E-state index < -0.39 is 5.92 Å². The molecule has 1 aromatic carbocycles. The van der Waals surface area contributed by atoms with E-state index in [9.17, 15) is 14.4 Å². The minimum Gasteiger partial charge on any atom is -0.297 e. The van der Waals surface area contributed by atoms with Gasteiger partial charge in [-0.25, -0.2) is 9.37 Å². The first-order valence-electron chi connectivity index (χ1n) is 7.70. The number of aryl methyl sites for hydroxylation is 2. The van der Waals surface area contributed by atoms with Crippen molar-refractivity contribution in [3.05, 3.63) is 51.2 Å². The van der Waals surface area contributed by atoms with Gasteiger partial charge in [-0.2, -0.15) is 5.26 Å². The summed E-state index contributed by atoms with van der Waals surface area (Å²) in [5, 5.41) is 10.0. The Morgan fingerprint density at radius 3 is 2.96 bits per heavy atom. The summed E-state index contributed by atoms with van der Waals surface area (Å²) in [6, 6.07) is 8.48. The molecule has 1 heterocycles. The van der Waals surface area contributed by atoms with E-state index in [4.69, 9.17) is 0 Å². The van der Waals surface area contributed by atoms with Gasteiger partial charge in [0.05, 0.1) is 11.8 Å². The Kier molecular flexibility index (Phi) is 4.27. The summed E-state index contributed by atoms with van der Waals surface area (Å²) >= 11 is 1.43. The molecule has 0 N–H and O–H groups in total. The molecule has 0 aliphatic heterocycles. The monoisotopic (exact) mass is 328 g/mol. The number of hydrogen-bond donors (Lipinski definition) is 0. The van der Waals surface area contributed by atoms with Gasteiger partial charge in [0.2, 0.25) is 0 Å². The average Bonchev–Trinajstić information content (AvgIpc) is 3.25. The van der Waals surface area contributed by atoms with E-state index in [0.29, 0.717) is 11.4 Å². The molecule has 23 heavy (non-hydrogen) atoms. The Bertz CT molecular complexity index is 793. The molecule has 0 bridgehead atoms. The summed E-state index contributed by atoms with van der Waals surface area (Å²) in [5.74, 6) is -1.35. The van der Waals surface area contributed by atoms with E-state index in [2.05, 4.69) is 11.1 Å². The van der Waals surface area contributed by atoms with Crippen LogP contribution in [0.5, 0.6) is 0 Å². The zero-order valence-electron chi connectivity index (χ0n) is 13.0. The summed E-state index contributed by atoms with van der Waals surface area (Å²) in [6.07, 6.45) is 1.48. The number of hydrogen-bond acceptors (Lipinski definition) is 4. The maximum atomic E-state index is 13.3. The van der Waals surface area contributed by atoms with Crippen molar-refractivity contribution in [2.24, 2.45) is 5.92 Å². The molecule has 118 valence electrons. The zero-order chi connectivity index (χ0) is 16.6. The van der Waals surface area contributed by atoms with Crippen LogP contribution in [0.3, 0.4) is 0 Å². The Morgan fingerprint density at radius 1 is 1.57 bits per heavy atom. The van der Waals surface area contributed by atoms with Crippen LogP contribution < -0.4 is 0 Å². The van der Waals surface area contributed by atoms with Gasteiger partial charge in [0.15, 0.2) is 11.7 Å². The van der Waals surface area contributed by atoms with Crippen LogP contribution in [0.4, 0.5) is 4.39 Å². The molecule has 3 nitrogen and oxygen atoms in total. The number of aromatic nitrogens is 1. The van der Waals surface area contributed by atoms with Crippen molar-refractivity contribution in [2.45, 2.75) is 38.5 Å². The second kappa shape index (κ2) is 6.21. The quantitative estimate of drug-likeness (QED) is 0.829. The van der Waals surface area contributed by atoms with Gasteiger partial charge in [0.1, 0.15) is 10.8 Å². The van der Waals surface area contributed by atoms with Crippen LogP contribution >= 0.6 is 11.3 Å². The lowest BCUT2D eigenvalue weighted by molar-refractivity contribution is -0.120. The first-order chi connectivity index (χ1) is 11.0. The molecule has 1 saturated carbocycles. The fraction of sp³-hybridized carbons (Fsp3) is 0.389. The highest BCUT2D eigenvalue weighted by atomic mass is 32.1. The van der Waals surface area contributed by atoms with Crippen LogP contribution in [-0.4, -0.2) is 10.8 Å². The van der Waals surface area contributed by atoms with Gasteiger partial charge < -0.3 is 0 Å². The number of carbonyl (C=O) groups is 1. The lowest BCUT2D eigenvalue weighted by Gasteiger charge is -2.05. The van der Waals surface area contributed by atoms with E-state index in [1.54, 1.807) is 6.07 Å². The zero-order valence-corrected chi connectivity index (χ0v) is 13.9. The summed E-state index contributed by atoms with van der Waals surface area (Å²) in [4.78, 5) is 18.2. The van der Waals surface area contributed by atoms with Crippen LogP contribution in [0.15, 0.2) is 24.3 Å². The molecule has 0 unspecified atom stereocenters. The lowest BCUT2D eigenvalue weighted by Crippen LogP contribution is -2.13. The molecule has 0 amide bonds. The molecule has 0 saturated heterocycles. The van der Waals surface area contributed by atoms with Gasteiger partial charge in [0, 0.05) is 10.8 Å². The van der Waals surface area contributed by atoms with Gasteiger partial charge in [0.25, 0.3) is 0 Å². The minimum atomic E-state index is -0.803. The maximum Gasteiger partial charge on any atom is 0.160 e.